The van der Waals surface area contributed by atoms with E-state index in [1.807, 2.05) is 113 Å². The molecular formula is C88H93N17+8. The monoisotopic (exact) mass is 1390 g/mol. The molecule has 8 heterocycles. The van der Waals surface area contributed by atoms with Gasteiger partial charge in [0.25, 0.3) is 23.3 Å². The van der Waals surface area contributed by atoms with E-state index in [-0.39, 0.29) is 5.41 Å². The fraction of sp³-hybridized carbons (Fsp3) is 0.216. The van der Waals surface area contributed by atoms with Crippen LogP contribution in [0.3, 0.4) is 0 Å². The second kappa shape index (κ2) is 29.1. The Morgan fingerprint density at radius 3 is 1.19 bits per heavy atom. The van der Waals surface area contributed by atoms with Crippen molar-refractivity contribution in [3.05, 3.63) is 317 Å². The summed E-state index contributed by atoms with van der Waals surface area (Å²) in [6, 6.07) is 56.8. The number of hydrogen-bond acceptors (Lipinski definition) is 4. The van der Waals surface area contributed by atoms with E-state index in [2.05, 4.69) is 325 Å². The Morgan fingerprint density at radius 1 is 0.390 bits per heavy atom. The van der Waals surface area contributed by atoms with Gasteiger partial charge in [0, 0.05) is 92.4 Å². The molecule has 8 aromatic carbocycles. The van der Waals surface area contributed by atoms with Gasteiger partial charge in [0.1, 0.15) is 94.9 Å². The van der Waals surface area contributed by atoms with Gasteiger partial charge in [0.2, 0.25) is 28.4 Å². The maximum Gasteiger partial charge on any atom is 0.300 e. The van der Waals surface area contributed by atoms with E-state index < -0.39 is 0 Å². The van der Waals surface area contributed by atoms with Crippen LogP contribution in [0.15, 0.2) is 238 Å². The van der Waals surface area contributed by atoms with Crippen LogP contribution in [0.1, 0.15) is 88.6 Å². The third-order valence-corrected chi connectivity index (χ3v) is 20.3. The summed E-state index contributed by atoms with van der Waals surface area (Å²) >= 11 is 0. The summed E-state index contributed by atoms with van der Waals surface area (Å²) in [6.45, 7) is 37.6. The van der Waals surface area contributed by atoms with Gasteiger partial charge in [0.05, 0.1) is 59.3 Å². The second-order valence-corrected chi connectivity index (χ2v) is 28.2. The Kier molecular flexibility index (Phi) is 19.6. The van der Waals surface area contributed by atoms with Crippen molar-refractivity contribution in [2.24, 2.45) is 28.2 Å². The molecule has 0 N–H and O–H groups in total. The summed E-state index contributed by atoms with van der Waals surface area (Å²) in [5.41, 5.74) is 24.4. The minimum Gasteiger partial charge on any atom is -0.238 e. The molecule has 17 heteroatoms. The van der Waals surface area contributed by atoms with Crippen molar-refractivity contribution in [1.29, 1.82) is 0 Å². The average molecular weight is 1390 g/mol. The number of benzene rings is 8. The molecule has 0 aliphatic rings. The first-order valence-electron chi connectivity index (χ1n) is 35.5. The topological polar surface area (TPSA) is 107 Å². The quantitative estimate of drug-likeness (QED) is 0.112. The molecule has 0 unspecified atom stereocenters. The smallest absolute Gasteiger partial charge is 0.238 e. The molecule has 0 saturated carbocycles. The molecular weight excluding hydrogens is 1300 g/mol. The molecule has 16 rings (SSSR count). The predicted molar refractivity (Wildman–Crippen MR) is 412 cm³/mol. The Labute approximate surface area is 615 Å². The van der Waals surface area contributed by atoms with E-state index >= 15 is 0 Å². The van der Waals surface area contributed by atoms with Crippen molar-refractivity contribution in [3.8, 4) is 45.5 Å². The van der Waals surface area contributed by atoms with E-state index in [9.17, 15) is 0 Å². The van der Waals surface area contributed by atoms with Crippen molar-refractivity contribution < 1.29 is 37.0 Å². The van der Waals surface area contributed by atoms with Gasteiger partial charge in [-0.2, -0.15) is 9.25 Å². The molecule has 16 aromatic rings. The molecule has 8 aromatic heterocycles. The highest BCUT2D eigenvalue weighted by atomic mass is 15.4. The Bertz CT molecular complexity index is 6070. The number of aryl methyl sites for hydroxylation is 11. The number of rotatable bonds is 8. The van der Waals surface area contributed by atoms with E-state index in [1.165, 1.54) is 106 Å². The van der Waals surface area contributed by atoms with Crippen LogP contribution in [-0.4, -0.2) is 38.7 Å². The zero-order valence-electron chi connectivity index (χ0n) is 63.6. The third kappa shape index (κ3) is 13.7. The predicted octanol–water partition coefficient (Wildman–Crippen LogP) is 13.7. The Balaban J connectivity index is 0.000000124. The Hall–Kier alpha value is -12.6. The molecule has 522 valence electrons. The van der Waals surface area contributed by atoms with E-state index in [0.717, 1.165) is 51.1 Å². The largest absolute Gasteiger partial charge is 0.300 e. The van der Waals surface area contributed by atoms with Gasteiger partial charge in [-0.1, -0.05) is 93.9 Å². The van der Waals surface area contributed by atoms with Gasteiger partial charge in [-0.25, -0.2) is 18.5 Å². The van der Waals surface area contributed by atoms with Crippen LogP contribution in [0, 0.1) is 82.7 Å². The lowest BCUT2D eigenvalue weighted by Crippen LogP contribution is -2.43. The van der Waals surface area contributed by atoms with Gasteiger partial charge < -0.3 is 0 Å². The summed E-state index contributed by atoms with van der Waals surface area (Å²) in [5.74, 6) is 3.81. The van der Waals surface area contributed by atoms with Crippen LogP contribution >= 0.6 is 0 Å². The number of para-hydroxylation sites is 4. The standard InChI is InChI=1S/C24H28N4.C22H24N4.C21H19N5.C21H22N4/c1-17-22(27-13-9-12-25-18(27)2)14-20(24(3,4)5)15-23(17)28-16-19-10-7-8-11-21(19)26(28)6;1-15-13-16(2)22(17(3)21(15)25-12-8-11-23-18(25)4)26-14-19-9-6-7-10-20(19)24(26)5;1-15-20(25-11-7-10-23-16(25)2)12-18(22-3)13-21(15)26-14-17-8-5-6-9-19(17)24(26)4;1-15-12-20(24-11-7-10-22-17(24)3)16(2)21(13-15)25-14-18-8-5-6-9-19(18)23(25)4/h7-16H,1-6H3;6-14H,1-5H3;5-14H,1-2,4H3;5-14H,1-4H3/q4*+2. The van der Waals surface area contributed by atoms with Crippen LogP contribution in [0.2, 0.25) is 0 Å². The minimum atomic E-state index is 0.0407. The molecule has 0 radical (unpaired) electrons. The average Bonchev–Trinajstić information content (AvgIpc) is 1.70. The number of nitrogens with zero attached hydrogens (tertiary/aromatic N) is 17. The molecule has 105 heavy (non-hydrogen) atoms. The lowest BCUT2D eigenvalue weighted by Gasteiger charge is -2.22. The normalized spacial score (nSPS) is 11.3. The van der Waals surface area contributed by atoms with Crippen LogP contribution in [0.4, 0.5) is 5.69 Å². The molecule has 0 fully saturated rings. The van der Waals surface area contributed by atoms with Crippen molar-refractivity contribution in [2.45, 2.75) is 102 Å². The Morgan fingerprint density at radius 2 is 0.771 bits per heavy atom. The fourth-order valence-corrected chi connectivity index (χ4v) is 14.6. The zero-order chi connectivity index (χ0) is 74.3. The lowest BCUT2D eigenvalue weighted by molar-refractivity contribution is -0.721. The summed E-state index contributed by atoms with van der Waals surface area (Å²) in [6.07, 6.45) is 24.2. The minimum absolute atomic E-state index is 0.0407. The first kappa shape index (κ1) is 70.9. The first-order chi connectivity index (χ1) is 50.4. The highest BCUT2D eigenvalue weighted by Crippen LogP contribution is 2.32. The van der Waals surface area contributed by atoms with Crippen LogP contribution < -0.4 is 37.0 Å². The van der Waals surface area contributed by atoms with Crippen molar-refractivity contribution in [2.75, 3.05) is 0 Å². The summed E-state index contributed by atoms with van der Waals surface area (Å²) in [4.78, 5) is 21.5. The summed E-state index contributed by atoms with van der Waals surface area (Å²) < 4.78 is 26.1. The van der Waals surface area contributed by atoms with Crippen molar-refractivity contribution in [1.82, 2.24) is 38.7 Å². The molecule has 17 nitrogen and oxygen atoms in total. The summed E-state index contributed by atoms with van der Waals surface area (Å²) in [5, 5.41) is 4.87. The molecule has 0 amide bonds. The molecule has 0 aliphatic carbocycles. The molecule has 0 spiro atoms. The molecule has 0 atom stereocenters. The SMILES string of the molecule is Cc1c(-n2cc3ccccc3[n+]2C)cc(C(C)(C)C)cc1-[n+]1cccnc1C.Cc1cc(-n2cc3ccccc3[n+]2C)c(C)c(-[n+]2cccnc2C)c1.Cc1cc(C)c(-[n+]2cc3ccccc3n2C)c(C)c1-[n+]1cccnc1C.[C-]#[N+]c1cc(-n2cc3ccccc3[n+]2C)c(C)c(-[n+]2cccnc2C)c1. The maximum atomic E-state index is 7.53. The molecule has 0 aliphatic heterocycles. The van der Waals surface area contributed by atoms with Gasteiger partial charge in [-0.3, -0.25) is 0 Å². The van der Waals surface area contributed by atoms with Gasteiger partial charge >= 0.3 is 0 Å². The van der Waals surface area contributed by atoms with Crippen LogP contribution in [0.5, 0.6) is 0 Å². The lowest BCUT2D eigenvalue weighted by atomic mass is 9.85. The van der Waals surface area contributed by atoms with E-state index in [4.69, 9.17) is 6.57 Å². The summed E-state index contributed by atoms with van der Waals surface area (Å²) in [7, 11) is 8.37. The van der Waals surface area contributed by atoms with E-state index in [1.54, 1.807) is 6.20 Å². The fourth-order valence-electron chi connectivity index (χ4n) is 14.6. The highest BCUT2D eigenvalue weighted by molar-refractivity contribution is 5.79. The van der Waals surface area contributed by atoms with Gasteiger partial charge in [-0.05, 0) is 143 Å². The number of hydrogen-bond donors (Lipinski definition) is 0. The highest BCUT2D eigenvalue weighted by Gasteiger charge is 2.30. The first-order valence-corrected chi connectivity index (χ1v) is 35.5. The van der Waals surface area contributed by atoms with Crippen molar-refractivity contribution >= 4 is 49.3 Å². The third-order valence-electron chi connectivity index (χ3n) is 20.3. The number of fused-ring (bicyclic) bond motifs is 4. The molecule has 0 bridgehead atoms. The number of aromatic nitrogens is 16. The molecule has 0 saturated heterocycles. The second-order valence-electron chi connectivity index (χ2n) is 28.2. The zero-order valence-corrected chi connectivity index (χ0v) is 63.6. The van der Waals surface area contributed by atoms with Gasteiger partial charge in [-0.15, -0.1) is 28.1 Å². The van der Waals surface area contributed by atoms with E-state index in [0.29, 0.717) is 5.69 Å². The van der Waals surface area contributed by atoms with Crippen LogP contribution in [-0.2, 0) is 33.6 Å². The van der Waals surface area contributed by atoms with Gasteiger partial charge in [0.15, 0.2) is 26.8 Å². The van der Waals surface area contributed by atoms with Crippen LogP contribution in [0.25, 0.3) is 94.0 Å². The van der Waals surface area contributed by atoms with Crippen molar-refractivity contribution in [3.63, 3.8) is 0 Å². The maximum absolute atomic E-state index is 7.53.